The van der Waals surface area contributed by atoms with E-state index < -0.39 is 23.4 Å². The van der Waals surface area contributed by atoms with Gasteiger partial charge in [0.2, 0.25) is 0 Å². The number of hydrogen-bond donors (Lipinski definition) is 2. The first-order valence-corrected chi connectivity index (χ1v) is 5.92. The number of benzene rings is 1. The molecule has 1 aromatic carbocycles. The molecule has 0 saturated carbocycles. The average Bonchev–Trinajstić information content (AvgIpc) is 2.21. The van der Waals surface area contributed by atoms with Crippen LogP contribution in [-0.2, 0) is 0 Å². The maximum absolute atomic E-state index is 14.0. The summed E-state index contributed by atoms with van der Waals surface area (Å²) in [5.74, 6) is -0.437. The summed E-state index contributed by atoms with van der Waals surface area (Å²) in [6.07, 6.45) is -0.865. The van der Waals surface area contributed by atoms with Gasteiger partial charge in [0.05, 0.1) is 12.1 Å². The van der Waals surface area contributed by atoms with Gasteiger partial charge in [-0.3, -0.25) is 0 Å². The number of aliphatic hydroxyl groups excluding tert-OH is 1. The molecule has 0 aliphatic carbocycles. The molecule has 2 nitrogen and oxygen atoms in total. The molecule has 0 heterocycles. The van der Waals surface area contributed by atoms with E-state index in [1.807, 2.05) is 20.8 Å². The Morgan fingerprint density at radius 2 is 1.83 bits per heavy atom. The highest BCUT2D eigenvalue weighted by Gasteiger charge is 2.32. The smallest absolute Gasteiger partial charge is 0.132 e. The predicted molar refractivity (Wildman–Crippen MR) is 75.8 cm³/mol. The molecule has 0 fully saturated rings. The Balaban J connectivity index is 0.00000289. The number of halogens is 3. The normalized spacial score (nSPS) is 14.9. The van der Waals surface area contributed by atoms with Gasteiger partial charge in [-0.15, -0.1) is 12.4 Å². The quantitative estimate of drug-likeness (QED) is 0.875. The van der Waals surface area contributed by atoms with Crippen LogP contribution >= 0.6 is 24.0 Å². The molecule has 0 spiro atoms. The van der Waals surface area contributed by atoms with Gasteiger partial charge in [0.15, 0.2) is 0 Å². The average molecular weight is 296 g/mol. The lowest BCUT2D eigenvalue weighted by Crippen LogP contribution is -2.37. The second-order valence-corrected chi connectivity index (χ2v) is 5.84. The number of nitrogens with two attached hydrogens (primary N) is 1. The molecule has 0 bridgehead atoms. The van der Waals surface area contributed by atoms with Gasteiger partial charge in [0.25, 0.3) is 0 Å². The van der Waals surface area contributed by atoms with Gasteiger partial charge in [-0.2, -0.15) is 0 Å². The molecule has 0 unspecified atom stereocenters. The molecule has 0 aromatic heterocycles. The van der Waals surface area contributed by atoms with Gasteiger partial charge in [0.1, 0.15) is 5.82 Å². The summed E-state index contributed by atoms with van der Waals surface area (Å²) in [6, 6.07) is 2.37. The van der Waals surface area contributed by atoms with Crippen LogP contribution in [0.2, 0.25) is 5.02 Å². The van der Waals surface area contributed by atoms with Gasteiger partial charge < -0.3 is 10.8 Å². The van der Waals surface area contributed by atoms with E-state index in [0.717, 1.165) is 0 Å². The summed E-state index contributed by atoms with van der Waals surface area (Å²) in [7, 11) is 0. The van der Waals surface area contributed by atoms with E-state index in [1.54, 1.807) is 19.1 Å². The molecule has 104 valence electrons. The van der Waals surface area contributed by atoms with Crippen molar-refractivity contribution in [1.29, 1.82) is 0 Å². The third-order valence-corrected chi connectivity index (χ3v) is 3.21. The van der Waals surface area contributed by atoms with E-state index in [1.165, 1.54) is 0 Å². The lowest BCUT2D eigenvalue weighted by atomic mass is 9.82. The summed E-state index contributed by atoms with van der Waals surface area (Å²) in [5, 5.41) is 10.4. The summed E-state index contributed by atoms with van der Waals surface area (Å²) in [5.41, 5.74) is 6.15. The lowest BCUT2D eigenvalue weighted by molar-refractivity contribution is 0.0391. The van der Waals surface area contributed by atoms with Crippen molar-refractivity contribution in [2.24, 2.45) is 11.1 Å². The molecular weight excluding hydrogens is 276 g/mol. The molecule has 0 aliphatic heterocycles. The molecule has 1 rings (SSSR count). The molecular formula is C13H20Cl2FNO. The Labute approximate surface area is 119 Å². The zero-order chi connectivity index (χ0) is 13.4. The van der Waals surface area contributed by atoms with Crippen LogP contribution in [0.15, 0.2) is 12.1 Å². The van der Waals surface area contributed by atoms with E-state index in [2.05, 4.69) is 0 Å². The number of hydrogen-bond acceptors (Lipinski definition) is 2. The summed E-state index contributed by atoms with van der Waals surface area (Å²) in [6.45, 7) is 7.18. The van der Waals surface area contributed by atoms with Crippen LogP contribution in [-0.4, -0.2) is 11.2 Å². The van der Waals surface area contributed by atoms with Crippen LogP contribution in [0.4, 0.5) is 4.39 Å². The first-order valence-electron chi connectivity index (χ1n) is 5.54. The van der Waals surface area contributed by atoms with Crippen molar-refractivity contribution in [3.05, 3.63) is 34.1 Å². The minimum atomic E-state index is -0.865. The number of rotatable bonds is 2. The van der Waals surface area contributed by atoms with Crippen molar-refractivity contribution in [2.75, 3.05) is 0 Å². The Bertz CT molecular complexity index is 418. The van der Waals surface area contributed by atoms with E-state index in [-0.39, 0.29) is 23.0 Å². The van der Waals surface area contributed by atoms with Crippen LogP contribution in [0.1, 0.15) is 37.9 Å². The molecule has 18 heavy (non-hydrogen) atoms. The third-order valence-electron chi connectivity index (χ3n) is 2.88. The minimum Gasteiger partial charge on any atom is -0.391 e. The molecule has 5 heteroatoms. The fraction of sp³-hybridized carbons (Fsp3) is 0.538. The maximum atomic E-state index is 14.0. The monoisotopic (exact) mass is 295 g/mol. The third kappa shape index (κ3) is 3.58. The fourth-order valence-electron chi connectivity index (χ4n) is 1.68. The summed E-state index contributed by atoms with van der Waals surface area (Å²) in [4.78, 5) is 0. The van der Waals surface area contributed by atoms with Crippen molar-refractivity contribution >= 4 is 24.0 Å². The standard InChI is InChI=1S/C13H19ClFNO.ClH/c1-7-5-6-8(14)9(10(7)15)11(16)12(17)13(2,3)4;/h5-6,11-12,17H,16H2,1-4H3;1H/t11-,12-;/m0./s1. The van der Waals surface area contributed by atoms with Crippen LogP contribution < -0.4 is 5.73 Å². The van der Waals surface area contributed by atoms with Crippen LogP contribution in [0, 0.1) is 18.2 Å². The van der Waals surface area contributed by atoms with Crippen molar-refractivity contribution in [1.82, 2.24) is 0 Å². The zero-order valence-electron chi connectivity index (χ0n) is 11.0. The summed E-state index contributed by atoms with van der Waals surface area (Å²) >= 11 is 5.96. The van der Waals surface area contributed by atoms with Gasteiger partial charge in [-0.1, -0.05) is 38.4 Å². The molecule has 0 amide bonds. The molecule has 0 saturated heterocycles. The Kier molecular flexibility index (Phi) is 6.08. The van der Waals surface area contributed by atoms with Gasteiger partial charge >= 0.3 is 0 Å². The SMILES string of the molecule is Cc1ccc(Cl)c([C@H](N)[C@H](O)C(C)(C)C)c1F.Cl. The topological polar surface area (TPSA) is 46.2 Å². The van der Waals surface area contributed by atoms with E-state index >= 15 is 0 Å². The van der Waals surface area contributed by atoms with Crippen molar-refractivity contribution < 1.29 is 9.50 Å². The van der Waals surface area contributed by atoms with Gasteiger partial charge in [0, 0.05) is 10.6 Å². The Morgan fingerprint density at radius 1 is 1.33 bits per heavy atom. The predicted octanol–water partition coefficient (Wildman–Crippen LogP) is 3.62. The second-order valence-electron chi connectivity index (χ2n) is 5.43. The van der Waals surface area contributed by atoms with Gasteiger partial charge in [-0.25, -0.2) is 4.39 Å². The maximum Gasteiger partial charge on any atom is 0.132 e. The highest BCUT2D eigenvalue weighted by atomic mass is 35.5. The number of aliphatic hydroxyl groups is 1. The van der Waals surface area contributed by atoms with Gasteiger partial charge in [-0.05, 0) is 24.0 Å². The second kappa shape index (κ2) is 6.20. The van der Waals surface area contributed by atoms with E-state index in [9.17, 15) is 9.50 Å². The van der Waals surface area contributed by atoms with Crippen LogP contribution in [0.25, 0.3) is 0 Å². The van der Waals surface area contributed by atoms with Crippen molar-refractivity contribution in [3.63, 3.8) is 0 Å². The first-order chi connectivity index (χ1) is 7.66. The fourth-order valence-corrected chi connectivity index (χ4v) is 1.95. The van der Waals surface area contributed by atoms with E-state index in [0.29, 0.717) is 5.56 Å². The molecule has 2 atom stereocenters. The minimum absolute atomic E-state index is 0. The largest absolute Gasteiger partial charge is 0.391 e. The molecule has 0 aliphatic rings. The van der Waals surface area contributed by atoms with Crippen molar-refractivity contribution in [3.8, 4) is 0 Å². The molecule has 0 radical (unpaired) electrons. The number of aryl methyl sites for hydroxylation is 1. The first kappa shape index (κ1) is 17.6. The molecule has 1 aromatic rings. The van der Waals surface area contributed by atoms with Crippen molar-refractivity contribution in [2.45, 2.75) is 39.8 Å². The molecule has 3 N–H and O–H groups in total. The van der Waals surface area contributed by atoms with E-state index in [4.69, 9.17) is 17.3 Å². The lowest BCUT2D eigenvalue weighted by Gasteiger charge is -2.31. The summed E-state index contributed by atoms with van der Waals surface area (Å²) < 4.78 is 14.0. The Hall–Kier alpha value is -0.350. The highest BCUT2D eigenvalue weighted by molar-refractivity contribution is 6.31. The zero-order valence-corrected chi connectivity index (χ0v) is 12.6. The van der Waals surface area contributed by atoms with Crippen LogP contribution in [0.5, 0.6) is 0 Å². The Morgan fingerprint density at radius 3 is 2.28 bits per heavy atom. The van der Waals surface area contributed by atoms with Crippen LogP contribution in [0.3, 0.4) is 0 Å². The highest BCUT2D eigenvalue weighted by Crippen LogP contribution is 2.34.